The predicted molar refractivity (Wildman–Crippen MR) is 90.6 cm³/mol. The van der Waals surface area contributed by atoms with Crippen LogP contribution in [0.5, 0.6) is 0 Å². The second kappa shape index (κ2) is 6.21. The van der Waals surface area contributed by atoms with Gasteiger partial charge in [0.15, 0.2) is 11.5 Å². The van der Waals surface area contributed by atoms with Crippen molar-refractivity contribution < 1.29 is 17.9 Å². The minimum absolute atomic E-state index is 0.0900. The van der Waals surface area contributed by atoms with Crippen molar-refractivity contribution in [3.05, 3.63) is 59.2 Å². The van der Waals surface area contributed by atoms with E-state index in [1.807, 2.05) is 0 Å². The van der Waals surface area contributed by atoms with Crippen LogP contribution in [0.15, 0.2) is 47.3 Å². The number of halogens is 3. The Morgan fingerprint density at radius 1 is 1.23 bits per heavy atom. The average molecular weight is 360 g/mol. The molecule has 2 aromatic heterocycles. The summed E-state index contributed by atoms with van der Waals surface area (Å²) in [6.07, 6.45) is 4.43. The highest BCUT2D eigenvalue weighted by atomic mass is 19.4. The van der Waals surface area contributed by atoms with E-state index in [0.717, 1.165) is 11.3 Å². The molecule has 5 nitrogen and oxygen atoms in total. The molecule has 8 heteroatoms. The van der Waals surface area contributed by atoms with Crippen LogP contribution in [0, 0.1) is 0 Å². The van der Waals surface area contributed by atoms with Gasteiger partial charge in [-0.3, -0.25) is 9.39 Å². The van der Waals surface area contributed by atoms with Crippen LogP contribution in [0.4, 0.5) is 13.2 Å². The van der Waals surface area contributed by atoms with Gasteiger partial charge in [0.05, 0.1) is 5.71 Å². The first kappa shape index (κ1) is 16.7. The van der Waals surface area contributed by atoms with Gasteiger partial charge in [0, 0.05) is 25.4 Å². The van der Waals surface area contributed by atoms with Crippen molar-refractivity contribution in [2.75, 3.05) is 6.61 Å². The molecule has 1 aliphatic heterocycles. The zero-order valence-electron chi connectivity index (χ0n) is 13.9. The van der Waals surface area contributed by atoms with Gasteiger partial charge in [-0.1, -0.05) is 6.08 Å². The van der Waals surface area contributed by atoms with E-state index in [4.69, 9.17) is 4.74 Å². The summed E-state index contributed by atoms with van der Waals surface area (Å²) in [5, 5.41) is 7.66. The first-order valence-electron chi connectivity index (χ1n) is 8.16. The van der Waals surface area contributed by atoms with Crippen LogP contribution in [-0.2, 0) is 17.5 Å². The molecule has 134 valence electrons. The smallest absolute Gasteiger partial charge is 0.374 e. The summed E-state index contributed by atoms with van der Waals surface area (Å²) in [4.78, 5) is 4.20. The van der Waals surface area contributed by atoms with Crippen molar-refractivity contribution in [3.63, 3.8) is 0 Å². The minimum Gasteiger partial charge on any atom is -0.374 e. The van der Waals surface area contributed by atoms with Crippen molar-refractivity contribution in [3.8, 4) is 0 Å². The number of alkyl halides is 3. The molecule has 0 bridgehead atoms. The first-order valence-corrected chi connectivity index (χ1v) is 8.16. The van der Waals surface area contributed by atoms with Crippen molar-refractivity contribution >= 4 is 16.9 Å². The minimum atomic E-state index is -4.56. The number of ether oxygens (including phenoxy) is 1. The summed E-state index contributed by atoms with van der Waals surface area (Å²) in [5.74, 6) is 0.336. The SMILES string of the molecule is CCOCc1nnc2c(C(F)(F)F)c(C3=CCC4=NC=CC4=C3)ccn12. The maximum atomic E-state index is 13.9. The van der Waals surface area contributed by atoms with Gasteiger partial charge in [0.2, 0.25) is 0 Å². The van der Waals surface area contributed by atoms with Gasteiger partial charge in [0.25, 0.3) is 0 Å². The molecule has 0 fully saturated rings. The molecule has 0 amide bonds. The second-order valence-electron chi connectivity index (χ2n) is 5.90. The van der Waals surface area contributed by atoms with Gasteiger partial charge >= 0.3 is 6.18 Å². The molecule has 0 N–H and O–H groups in total. The fraction of sp³-hybridized carbons (Fsp3) is 0.278. The van der Waals surface area contributed by atoms with E-state index in [1.165, 1.54) is 10.5 Å². The van der Waals surface area contributed by atoms with Crippen LogP contribution >= 0.6 is 0 Å². The zero-order chi connectivity index (χ0) is 18.3. The number of aromatic nitrogens is 3. The number of rotatable bonds is 4. The summed E-state index contributed by atoms with van der Waals surface area (Å²) >= 11 is 0. The molecule has 4 rings (SSSR count). The molecule has 1 aliphatic carbocycles. The van der Waals surface area contributed by atoms with E-state index in [-0.39, 0.29) is 17.8 Å². The number of pyridine rings is 1. The van der Waals surface area contributed by atoms with Crippen LogP contribution in [0.2, 0.25) is 0 Å². The monoisotopic (exact) mass is 360 g/mol. The van der Waals surface area contributed by atoms with Crippen molar-refractivity contribution in [1.82, 2.24) is 14.6 Å². The van der Waals surface area contributed by atoms with Gasteiger partial charge in [-0.05, 0) is 41.9 Å². The Morgan fingerprint density at radius 2 is 2.08 bits per heavy atom. The third-order valence-corrected chi connectivity index (χ3v) is 4.32. The molecule has 0 saturated carbocycles. The third kappa shape index (κ3) is 2.76. The van der Waals surface area contributed by atoms with Crippen LogP contribution in [0.25, 0.3) is 11.2 Å². The highest BCUT2D eigenvalue weighted by Crippen LogP contribution is 2.39. The molecule has 2 aromatic rings. The lowest BCUT2D eigenvalue weighted by atomic mass is 9.91. The Labute approximate surface area is 147 Å². The maximum Gasteiger partial charge on any atom is 0.420 e. The highest BCUT2D eigenvalue weighted by Gasteiger charge is 2.38. The molecule has 2 aliphatic rings. The third-order valence-electron chi connectivity index (χ3n) is 4.32. The Bertz CT molecular complexity index is 996. The number of hydrogen-bond acceptors (Lipinski definition) is 4. The average Bonchev–Trinajstić information content (AvgIpc) is 3.24. The second-order valence-corrected chi connectivity index (χ2v) is 5.90. The predicted octanol–water partition coefficient (Wildman–Crippen LogP) is 3.97. The van der Waals surface area contributed by atoms with Gasteiger partial charge in [-0.2, -0.15) is 13.2 Å². The molecule has 0 radical (unpaired) electrons. The van der Waals surface area contributed by atoms with Crippen LogP contribution in [0.3, 0.4) is 0 Å². The Morgan fingerprint density at radius 3 is 2.85 bits per heavy atom. The standard InChI is InChI=1S/C18H15F3N4O/c1-2-26-10-15-23-24-17-16(18(19,20)21)13(6-8-25(15)17)11-3-4-14-12(9-11)5-7-22-14/h3,5-9H,2,4,10H2,1H3. The Balaban J connectivity index is 1.87. The van der Waals surface area contributed by atoms with Crippen molar-refractivity contribution in [1.29, 1.82) is 0 Å². The van der Waals surface area contributed by atoms with Crippen LogP contribution in [0.1, 0.15) is 30.3 Å². The lowest BCUT2D eigenvalue weighted by Crippen LogP contribution is -2.13. The van der Waals surface area contributed by atoms with E-state index >= 15 is 0 Å². The van der Waals surface area contributed by atoms with E-state index in [1.54, 1.807) is 37.5 Å². The zero-order valence-corrected chi connectivity index (χ0v) is 13.9. The molecule has 0 aromatic carbocycles. The van der Waals surface area contributed by atoms with Crippen molar-refractivity contribution in [2.45, 2.75) is 26.1 Å². The quantitative estimate of drug-likeness (QED) is 0.829. The molecule has 0 atom stereocenters. The highest BCUT2D eigenvalue weighted by molar-refractivity contribution is 6.10. The fourth-order valence-electron chi connectivity index (χ4n) is 3.12. The topological polar surface area (TPSA) is 51.8 Å². The van der Waals surface area contributed by atoms with Crippen LogP contribution in [-0.4, -0.2) is 26.9 Å². The fourth-order valence-corrected chi connectivity index (χ4v) is 3.12. The number of fused-ring (bicyclic) bond motifs is 2. The molecule has 3 heterocycles. The Hall–Kier alpha value is -2.74. The van der Waals surface area contributed by atoms with E-state index in [9.17, 15) is 13.2 Å². The lowest BCUT2D eigenvalue weighted by Gasteiger charge is -2.17. The molecule has 0 spiro atoms. The van der Waals surface area contributed by atoms with Gasteiger partial charge in [-0.15, -0.1) is 10.2 Å². The number of aliphatic imine (C=N–C) groups is 1. The number of hydrogen-bond donors (Lipinski definition) is 0. The summed E-state index contributed by atoms with van der Waals surface area (Å²) in [7, 11) is 0. The van der Waals surface area contributed by atoms with Crippen LogP contribution < -0.4 is 0 Å². The summed E-state index contributed by atoms with van der Waals surface area (Å²) in [5.41, 5.74) is 1.30. The van der Waals surface area contributed by atoms with Gasteiger partial charge in [0.1, 0.15) is 12.2 Å². The summed E-state index contributed by atoms with van der Waals surface area (Å²) in [6.45, 7) is 2.35. The lowest BCUT2D eigenvalue weighted by molar-refractivity contribution is -0.136. The number of nitrogens with zero attached hydrogens (tertiary/aromatic N) is 4. The van der Waals surface area contributed by atoms with E-state index in [2.05, 4.69) is 15.2 Å². The molecular formula is C18H15F3N4O. The summed E-state index contributed by atoms with van der Waals surface area (Å²) < 4.78 is 48.2. The van der Waals surface area contributed by atoms with Gasteiger partial charge < -0.3 is 4.74 Å². The normalized spacial score (nSPS) is 16.5. The molecule has 26 heavy (non-hydrogen) atoms. The largest absolute Gasteiger partial charge is 0.420 e. The molecule has 0 saturated heterocycles. The number of allylic oxidation sites excluding steroid dienone is 5. The molecular weight excluding hydrogens is 345 g/mol. The maximum absolute atomic E-state index is 13.9. The molecule has 0 unspecified atom stereocenters. The van der Waals surface area contributed by atoms with Crippen molar-refractivity contribution in [2.24, 2.45) is 4.99 Å². The van der Waals surface area contributed by atoms with E-state index in [0.29, 0.717) is 24.4 Å². The summed E-state index contributed by atoms with van der Waals surface area (Å²) in [6, 6.07) is 1.46. The Kier molecular flexibility index (Phi) is 3.99. The first-order chi connectivity index (χ1) is 12.5. The van der Waals surface area contributed by atoms with E-state index < -0.39 is 11.7 Å². The van der Waals surface area contributed by atoms with Gasteiger partial charge in [-0.25, -0.2) is 0 Å².